The summed E-state index contributed by atoms with van der Waals surface area (Å²) in [6.07, 6.45) is 10.7. The van der Waals surface area contributed by atoms with E-state index in [1.807, 2.05) is 0 Å². The summed E-state index contributed by atoms with van der Waals surface area (Å²) in [4.78, 5) is 7.36. The molecule has 1 spiro atoms. The molecule has 4 heteroatoms. The molecular formula is C18H35N3O. The van der Waals surface area contributed by atoms with E-state index in [2.05, 4.69) is 24.1 Å². The van der Waals surface area contributed by atoms with Crippen LogP contribution in [0.3, 0.4) is 0 Å². The summed E-state index contributed by atoms with van der Waals surface area (Å²) in [5.41, 5.74) is 0.601. The minimum Gasteiger partial charge on any atom is -0.382 e. The van der Waals surface area contributed by atoms with Crippen LogP contribution in [0.4, 0.5) is 0 Å². The van der Waals surface area contributed by atoms with Crippen LogP contribution in [0.2, 0.25) is 0 Å². The summed E-state index contributed by atoms with van der Waals surface area (Å²) in [6.45, 7) is 10.2. The smallest absolute Gasteiger partial charge is 0.193 e. The molecule has 2 rings (SSSR count). The van der Waals surface area contributed by atoms with Crippen LogP contribution in [0.15, 0.2) is 4.99 Å². The lowest BCUT2D eigenvalue weighted by Crippen LogP contribution is -2.41. The molecule has 22 heavy (non-hydrogen) atoms. The Kier molecular flexibility index (Phi) is 7.50. The number of guanidine groups is 1. The fourth-order valence-corrected chi connectivity index (χ4v) is 3.90. The molecule has 1 aliphatic heterocycles. The van der Waals surface area contributed by atoms with Crippen molar-refractivity contribution in [1.29, 1.82) is 0 Å². The second kappa shape index (κ2) is 9.39. The molecule has 2 aliphatic rings. The molecule has 0 atom stereocenters. The van der Waals surface area contributed by atoms with Gasteiger partial charge in [-0.25, -0.2) is 0 Å². The monoisotopic (exact) mass is 309 g/mol. The molecule has 0 aromatic heterocycles. The highest BCUT2D eigenvalue weighted by molar-refractivity contribution is 5.80. The van der Waals surface area contributed by atoms with Gasteiger partial charge in [-0.2, -0.15) is 0 Å². The van der Waals surface area contributed by atoms with Crippen molar-refractivity contribution in [3.05, 3.63) is 0 Å². The lowest BCUT2D eigenvalue weighted by molar-refractivity contribution is 0.144. The van der Waals surface area contributed by atoms with Crippen molar-refractivity contribution in [2.24, 2.45) is 10.4 Å². The molecule has 1 aliphatic carbocycles. The van der Waals surface area contributed by atoms with Gasteiger partial charge in [0.15, 0.2) is 5.96 Å². The van der Waals surface area contributed by atoms with Crippen molar-refractivity contribution in [2.75, 3.05) is 39.4 Å². The highest BCUT2D eigenvalue weighted by Crippen LogP contribution is 2.43. The Morgan fingerprint density at radius 2 is 1.95 bits per heavy atom. The van der Waals surface area contributed by atoms with Crippen LogP contribution in [0.1, 0.15) is 65.2 Å². The SMILES string of the molecule is CCNC(=NCCCCOCC)N1CCC2(CCCCC2)C1. The van der Waals surface area contributed by atoms with Gasteiger partial charge in [0.1, 0.15) is 0 Å². The standard InChI is InChI=1S/C18H35N3O/c1-3-19-17(20-13-8-9-15-22-4-2)21-14-12-18(16-21)10-6-5-7-11-18/h3-16H2,1-2H3,(H,19,20). The zero-order valence-corrected chi connectivity index (χ0v) is 14.7. The van der Waals surface area contributed by atoms with E-state index in [1.165, 1.54) is 51.6 Å². The van der Waals surface area contributed by atoms with E-state index >= 15 is 0 Å². The highest BCUT2D eigenvalue weighted by Gasteiger charge is 2.39. The Morgan fingerprint density at radius 3 is 2.68 bits per heavy atom. The lowest BCUT2D eigenvalue weighted by atomic mass is 9.73. The fraction of sp³-hybridized carbons (Fsp3) is 0.944. The van der Waals surface area contributed by atoms with Gasteiger partial charge in [0.05, 0.1) is 0 Å². The molecule has 1 heterocycles. The minimum absolute atomic E-state index is 0.601. The normalized spacial score (nSPS) is 21.5. The molecule has 0 unspecified atom stereocenters. The van der Waals surface area contributed by atoms with Crippen molar-refractivity contribution >= 4 is 5.96 Å². The molecule has 0 bridgehead atoms. The molecule has 0 amide bonds. The molecular weight excluding hydrogens is 274 g/mol. The number of unbranched alkanes of at least 4 members (excludes halogenated alkanes) is 1. The summed E-state index contributed by atoms with van der Waals surface area (Å²) in [5.74, 6) is 1.14. The highest BCUT2D eigenvalue weighted by atomic mass is 16.5. The van der Waals surface area contributed by atoms with Crippen LogP contribution < -0.4 is 5.32 Å². The first-order valence-corrected chi connectivity index (χ1v) is 9.41. The Balaban J connectivity index is 1.80. The van der Waals surface area contributed by atoms with Gasteiger partial charge >= 0.3 is 0 Å². The van der Waals surface area contributed by atoms with Gasteiger partial charge in [-0.15, -0.1) is 0 Å². The summed E-state index contributed by atoms with van der Waals surface area (Å²) in [7, 11) is 0. The third-order valence-corrected chi connectivity index (χ3v) is 5.15. The Labute approximate surface area is 136 Å². The maximum absolute atomic E-state index is 5.39. The third kappa shape index (κ3) is 5.15. The molecule has 0 radical (unpaired) electrons. The number of hydrogen-bond donors (Lipinski definition) is 1. The second-order valence-corrected chi connectivity index (χ2v) is 6.87. The zero-order chi connectivity index (χ0) is 15.7. The van der Waals surface area contributed by atoms with Crippen molar-refractivity contribution in [1.82, 2.24) is 10.2 Å². The van der Waals surface area contributed by atoms with E-state index in [9.17, 15) is 0 Å². The van der Waals surface area contributed by atoms with Crippen LogP contribution in [-0.2, 0) is 4.74 Å². The predicted octanol–water partition coefficient (Wildman–Crippen LogP) is 3.42. The topological polar surface area (TPSA) is 36.9 Å². The summed E-state index contributed by atoms with van der Waals surface area (Å²) in [5, 5.41) is 3.49. The molecule has 1 saturated carbocycles. The van der Waals surface area contributed by atoms with Gasteiger partial charge in [0, 0.05) is 39.4 Å². The van der Waals surface area contributed by atoms with Gasteiger partial charge < -0.3 is 15.0 Å². The van der Waals surface area contributed by atoms with E-state index in [0.29, 0.717) is 5.41 Å². The van der Waals surface area contributed by atoms with Gasteiger partial charge in [0.2, 0.25) is 0 Å². The average Bonchev–Trinajstić information content (AvgIpc) is 2.94. The summed E-state index contributed by atoms with van der Waals surface area (Å²) < 4.78 is 5.39. The van der Waals surface area contributed by atoms with E-state index in [0.717, 1.165) is 45.1 Å². The number of nitrogens with zero attached hydrogens (tertiary/aromatic N) is 2. The molecule has 0 aromatic carbocycles. The first-order valence-electron chi connectivity index (χ1n) is 9.41. The lowest BCUT2D eigenvalue weighted by Gasteiger charge is -2.33. The van der Waals surface area contributed by atoms with E-state index in [-0.39, 0.29) is 0 Å². The van der Waals surface area contributed by atoms with Crippen molar-refractivity contribution in [3.63, 3.8) is 0 Å². The van der Waals surface area contributed by atoms with Crippen LogP contribution in [0.25, 0.3) is 0 Å². The van der Waals surface area contributed by atoms with Gasteiger partial charge in [-0.3, -0.25) is 4.99 Å². The summed E-state index contributed by atoms with van der Waals surface area (Å²) in [6, 6.07) is 0. The molecule has 1 N–H and O–H groups in total. The molecule has 128 valence electrons. The number of hydrogen-bond acceptors (Lipinski definition) is 2. The average molecular weight is 309 g/mol. The third-order valence-electron chi connectivity index (χ3n) is 5.15. The largest absolute Gasteiger partial charge is 0.382 e. The van der Waals surface area contributed by atoms with Crippen LogP contribution in [-0.4, -0.2) is 50.3 Å². The van der Waals surface area contributed by atoms with Gasteiger partial charge in [-0.05, 0) is 51.4 Å². The Morgan fingerprint density at radius 1 is 1.14 bits per heavy atom. The van der Waals surface area contributed by atoms with Gasteiger partial charge in [-0.1, -0.05) is 19.3 Å². The van der Waals surface area contributed by atoms with E-state index in [1.54, 1.807) is 0 Å². The quantitative estimate of drug-likeness (QED) is 0.445. The minimum atomic E-state index is 0.601. The van der Waals surface area contributed by atoms with Crippen LogP contribution in [0.5, 0.6) is 0 Å². The van der Waals surface area contributed by atoms with Crippen LogP contribution >= 0.6 is 0 Å². The number of rotatable bonds is 7. The molecule has 1 saturated heterocycles. The van der Waals surface area contributed by atoms with E-state index < -0.39 is 0 Å². The second-order valence-electron chi connectivity index (χ2n) is 6.87. The fourth-order valence-electron chi connectivity index (χ4n) is 3.90. The van der Waals surface area contributed by atoms with Crippen molar-refractivity contribution in [2.45, 2.75) is 65.2 Å². The van der Waals surface area contributed by atoms with Gasteiger partial charge in [0.25, 0.3) is 0 Å². The number of aliphatic imine (C=N–C) groups is 1. The maximum Gasteiger partial charge on any atom is 0.193 e. The predicted molar refractivity (Wildman–Crippen MR) is 93.4 cm³/mol. The first kappa shape index (κ1) is 17.6. The first-order chi connectivity index (χ1) is 10.8. The van der Waals surface area contributed by atoms with Crippen molar-refractivity contribution in [3.8, 4) is 0 Å². The number of likely N-dealkylation sites (tertiary alicyclic amines) is 1. The molecule has 2 fully saturated rings. The Bertz CT molecular complexity index is 337. The number of ether oxygens (including phenoxy) is 1. The zero-order valence-electron chi connectivity index (χ0n) is 14.7. The molecule has 0 aromatic rings. The van der Waals surface area contributed by atoms with E-state index in [4.69, 9.17) is 9.73 Å². The maximum atomic E-state index is 5.39. The number of nitrogens with one attached hydrogen (secondary N) is 1. The van der Waals surface area contributed by atoms with Crippen LogP contribution in [0, 0.1) is 5.41 Å². The summed E-state index contributed by atoms with van der Waals surface area (Å²) >= 11 is 0. The van der Waals surface area contributed by atoms with Crippen molar-refractivity contribution < 1.29 is 4.74 Å². The Hall–Kier alpha value is -0.770. The molecule has 4 nitrogen and oxygen atoms in total.